The van der Waals surface area contributed by atoms with E-state index in [1.165, 1.54) is 114 Å². The van der Waals surface area contributed by atoms with Crippen LogP contribution in [0.2, 0.25) is 0 Å². The van der Waals surface area contributed by atoms with Crippen LogP contribution >= 0.6 is 22.7 Å². The minimum atomic E-state index is 0.213. The Morgan fingerprint density at radius 2 is 0.661 bits per heavy atom. The lowest BCUT2D eigenvalue weighted by Gasteiger charge is -2.14. The van der Waals surface area contributed by atoms with Crippen LogP contribution in [0.4, 0.5) is 0 Å². The summed E-state index contributed by atoms with van der Waals surface area (Å²) in [5.41, 5.74) is 23.5. The van der Waals surface area contributed by atoms with Crippen molar-refractivity contribution in [2.45, 2.75) is 44.4 Å². The third-order valence-electron chi connectivity index (χ3n) is 13.4. The molecule has 2 heterocycles. The molecule has 0 aliphatic heterocycles. The lowest BCUT2D eigenvalue weighted by molar-refractivity contribution is 0.797. The summed E-state index contributed by atoms with van der Waals surface area (Å²) in [5.74, 6) is 1.19. The van der Waals surface area contributed by atoms with Gasteiger partial charge < -0.3 is 0 Å². The number of hydrogen-bond acceptors (Lipinski definition) is 2. The van der Waals surface area contributed by atoms with E-state index in [-0.39, 0.29) is 5.92 Å². The van der Waals surface area contributed by atoms with Crippen LogP contribution in [0, 0.1) is 0 Å². The van der Waals surface area contributed by atoms with Crippen molar-refractivity contribution in [3.8, 4) is 75.1 Å². The largest absolute Gasteiger partial charge is 0.135 e. The van der Waals surface area contributed by atoms with Crippen LogP contribution in [0.3, 0.4) is 0 Å². The third-order valence-corrected chi connectivity index (χ3v) is 15.8. The number of thiophene rings is 2. The summed E-state index contributed by atoms with van der Waals surface area (Å²) in [6.07, 6.45) is 2.25. The van der Waals surface area contributed by atoms with Crippen LogP contribution in [0.15, 0.2) is 176 Å². The highest BCUT2D eigenvalue weighted by molar-refractivity contribution is 7.19. The minimum Gasteiger partial charge on any atom is -0.135 e. The van der Waals surface area contributed by atoms with E-state index in [1.54, 1.807) is 0 Å². The summed E-state index contributed by atoms with van der Waals surface area (Å²) in [4.78, 5) is 5.25. The topological polar surface area (TPSA) is 0 Å². The van der Waals surface area contributed by atoms with Crippen molar-refractivity contribution >= 4 is 22.7 Å². The Hall–Kier alpha value is -6.06. The smallest absolute Gasteiger partial charge is 0.0352 e. The molecule has 0 amide bonds. The fourth-order valence-corrected chi connectivity index (χ4v) is 12.7. The van der Waals surface area contributed by atoms with Crippen molar-refractivity contribution in [3.63, 3.8) is 0 Å². The summed E-state index contributed by atoms with van der Waals surface area (Å²) in [6.45, 7) is 4.62. The predicted molar refractivity (Wildman–Crippen MR) is 252 cm³/mol. The molecule has 2 heteroatoms. The third kappa shape index (κ3) is 5.47. The molecule has 2 aromatic heterocycles. The molecule has 0 saturated heterocycles. The monoisotopic (exact) mass is 790 g/mol. The first-order chi connectivity index (χ1) is 29.1. The highest BCUT2D eigenvalue weighted by Crippen LogP contribution is 2.53. The summed E-state index contributed by atoms with van der Waals surface area (Å²) in [5, 5.41) is 0. The zero-order valence-corrected chi connectivity index (χ0v) is 34.8. The van der Waals surface area contributed by atoms with Crippen molar-refractivity contribution in [3.05, 3.63) is 215 Å². The molecule has 282 valence electrons. The second kappa shape index (κ2) is 13.8. The maximum Gasteiger partial charge on any atom is 0.0352 e. The van der Waals surface area contributed by atoms with Gasteiger partial charge in [-0.1, -0.05) is 141 Å². The van der Waals surface area contributed by atoms with E-state index in [9.17, 15) is 0 Å². The first kappa shape index (κ1) is 34.9. The van der Waals surface area contributed by atoms with Gasteiger partial charge in [0.25, 0.3) is 0 Å². The SMILES string of the molecule is CCC1c2ccccc2-c2cc(-c3ccc(-c4ccc5c(c4)-c4cc(-c6ccc(-c7ccc8c(c7)-c7ccccc7C8CC)s6)ccc4C5c4ccccc4)s3)ccc21. The summed E-state index contributed by atoms with van der Waals surface area (Å²) >= 11 is 3.81. The molecular weight excluding hydrogens is 749 g/mol. The van der Waals surface area contributed by atoms with Gasteiger partial charge in [0, 0.05) is 37.3 Å². The molecule has 0 radical (unpaired) electrons. The fraction of sp³-hybridized carbons (Fsp3) is 0.123. The minimum absolute atomic E-state index is 0.213. The van der Waals surface area contributed by atoms with E-state index in [0.29, 0.717) is 11.8 Å². The van der Waals surface area contributed by atoms with Gasteiger partial charge in [-0.25, -0.2) is 0 Å². The summed E-state index contributed by atoms with van der Waals surface area (Å²) in [7, 11) is 0. The van der Waals surface area contributed by atoms with Gasteiger partial charge in [-0.15, -0.1) is 22.7 Å². The molecule has 9 aromatic rings. The lowest BCUT2D eigenvalue weighted by Crippen LogP contribution is -1.98. The van der Waals surface area contributed by atoms with Gasteiger partial charge >= 0.3 is 0 Å². The van der Waals surface area contributed by atoms with Crippen LogP contribution in [0.5, 0.6) is 0 Å². The lowest BCUT2D eigenvalue weighted by atomic mass is 9.89. The van der Waals surface area contributed by atoms with Crippen molar-refractivity contribution < 1.29 is 0 Å². The Bertz CT molecular complexity index is 2910. The van der Waals surface area contributed by atoms with E-state index in [4.69, 9.17) is 0 Å². The Kier molecular flexibility index (Phi) is 8.15. The molecule has 0 spiro atoms. The van der Waals surface area contributed by atoms with E-state index in [1.807, 2.05) is 22.7 Å². The van der Waals surface area contributed by atoms with Crippen LogP contribution in [-0.4, -0.2) is 0 Å². The van der Waals surface area contributed by atoms with E-state index < -0.39 is 0 Å². The van der Waals surface area contributed by atoms with Gasteiger partial charge in [0.15, 0.2) is 0 Å². The normalized spacial score (nSPS) is 16.6. The van der Waals surface area contributed by atoms with Crippen molar-refractivity contribution in [1.29, 1.82) is 0 Å². The van der Waals surface area contributed by atoms with Gasteiger partial charge in [0.1, 0.15) is 0 Å². The molecule has 0 bridgehead atoms. The highest BCUT2D eigenvalue weighted by atomic mass is 32.1. The van der Waals surface area contributed by atoms with Gasteiger partial charge in [-0.3, -0.25) is 0 Å². The average Bonchev–Trinajstić information content (AvgIpc) is 4.14. The maximum absolute atomic E-state index is 2.47. The second-order valence-electron chi connectivity index (χ2n) is 16.5. The predicted octanol–water partition coefficient (Wildman–Crippen LogP) is 16.7. The van der Waals surface area contributed by atoms with Crippen molar-refractivity contribution in [2.24, 2.45) is 0 Å². The Morgan fingerprint density at radius 3 is 1.07 bits per heavy atom. The fourth-order valence-electron chi connectivity index (χ4n) is 10.7. The van der Waals surface area contributed by atoms with E-state index in [2.05, 4.69) is 190 Å². The van der Waals surface area contributed by atoms with Crippen molar-refractivity contribution in [2.75, 3.05) is 0 Å². The Morgan fingerprint density at radius 1 is 0.322 bits per heavy atom. The molecule has 2 unspecified atom stereocenters. The molecule has 2 atom stereocenters. The molecule has 0 fully saturated rings. The summed E-state index contributed by atoms with van der Waals surface area (Å²) in [6, 6.07) is 67.1. The average molecular weight is 791 g/mol. The molecule has 3 aliphatic carbocycles. The van der Waals surface area contributed by atoms with Gasteiger partial charge in [0.05, 0.1) is 0 Å². The quantitative estimate of drug-likeness (QED) is 0.151. The first-order valence-electron chi connectivity index (χ1n) is 21.2. The second-order valence-corrected chi connectivity index (χ2v) is 18.6. The van der Waals surface area contributed by atoms with Crippen LogP contribution in [0.25, 0.3) is 75.1 Å². The Balaban J connectivity index is 0.903. The Labute approximate surface area is 355 Å². The number of benzene rings is 7. The molecule has 0 nitrogen and oxygen atoms in total. The van der Waals surface area contributed by atoms with Gasteiger partial charge in [-0.05, 0) is 156 Å². The number of fused-ring (bicyclic) bond motifs is 9. The number of rotatable bonds is 7. The van der Waals surface area contributed by atoms with E-state index in [0.717, 1.165) is 12.8 Å². The summed E-state index contributed by atoms with van der Waals surface area (Å²) < 4.78 is 0. The molecule has 3 aliphatic rings. The molecule has 12 rings (SSSR count). The first-order valence-corrected chi connectivity index (χ1v) is 22.8. The molecular formula is C57H42S2. The number of hydrogen-bond donors (Lipinski definition) is 0. The maximum atomic E-state index is 2.47. The van der Waals surface area contributed by atoms with E-state index >= 15 is 0 Å². The van der Waals surface area contributed by atoms with Gasteiger partial charge in [0.2, 0.25) is 0 Å². The highest BCUT2D eigenvalue weighted by Gasteiger charge is 2.32. The molecule has 0 N–H and O–H groups in total. The van der Waals surface area contributed by atoms with Crippen LogP contribution < -0.4 is 0 Å². The van der Waals surface area contributed by atoms with Gasteiger partial charge in [-0.2, -0.15) is 0 Å². The van der Waals surface area contributed by atoms with Crippen LogP contribution in [0.1, 0.15) is 83.4 Å². The standard InChI is InChI=1S/C57H42S2/c1-3-39-41-14-8-10-16-43(41)49-30-35(18-22-45(39)49)53-26-28-55(58-53)37-20-24-47-51(32-37)52-33-38(21-25-48(52)57(47)34-12-6-5-7-13-34)56-29-27-54(59-56)36-19-23-46-40(4-2)42-15-9-11-17-44(42)50(46)31-36/h5-33,39-40,57H,3-4H2,1-2H3. The van der Waals surface area contributed by atoms with Crippen LogP contribution in [-0.2, 0) is 0 Å². The molecule has 59 heavy (non-hydrogen) atoms. The zero-order valence-electron chi connectivity index (χ0n) is 33.2. The molecule has 7 aromatic carbocycles. The van der Waals surface area contributed by atoms with Crippen molar-refractivity contribution in [1.82, 2.24) is 0 Å². The zero-order chi connectivity index (χ0) is 39.2. The molecule has 0 saturated carbocycles.